The van der Waals surface area contributed by atoms with Gasteiger partial charge in [-0.05, 0) is 50.9 Å². The lowest BCUT2D eigenvalue weighted by Gasteiger charge is -2.14. The molecule has 2 heterocycles. The van der Waals surface area contributed by atoms with E-state index in [-0.39, 0.29) is 11.0 Å². The summed E-state index contributed by atoms with van der Waals surface area (Å²) in [6.07, 6.45) is -4.62. The predicted octanol–water partition coefficient (Wildman–Crippen LogP) is 5.02. The molecule has 2 aromatic carbocycles. The van der Waals surface area contributed by atoms with Crippen LogP contribution < -0.4 is 0 Å². The first-order chi connectivity index (χ1) is 10.8. The highest BCUT2D eigenvalue weighted by Gasteiger charge is 2.36. The third-order valence-electron chi connectivity index (χ3n) is 3.47. The number of benzene rings is 2. The zero-order valence-corrected chi connectivity index (χ0v) is 14.5. The first kappa shape index (κ1) is 14.9. The van der Waals surface area contributed by atoms with E-state index in [9.17, 15) is 13.2 Å². The Morgan fingerprint density at radius 3 is 1.91 bits per heavy atom. The number of hydrogen-bond acceptors (Lipinski definition) is 4. The Hall–Kier alpha value is -1.61. The number of rotatable bonds is 0. The Balaban J connectivity index is 2.32. The molecule has 0 aliphatic rings. The molecule has 0 aliphatic heterocycles. The number of halogens is 5. The van der Waals surface area contributed by atoms with Crippen molar-refractivity contribution in [2.45, 2.75) is 13.1 Å². The normalized spacial score (nSPS) is 12.8. The predicted molar refractivity (Wildman–Crippen MR) is 86.5 cm³/mol. The summed E-state index contributed by atoms with van der Waals surface area (Å²) in [5, 5.41) is 1.16. The van der Waals surface area contributed by atoms with Gasteiger partial charge in [-0.1, -0.05) is 0 Å². The number of hydrogen-bond donors (Lipinski definition) is 0. The molecule has 0 bridgehead atoms. The summed E-state index contributed by atoms with van der Waals surface area (Å²) >= 11 is 6.65. The van der Waals surface area contributed by atoms with Gasteiger partial charge in [0.25, 0.3) is 0 Å². The van der Waals surface area contributed by atoms with Crippen molar-refractivity contribution in [3.8, 4) is 0 Å². The second kappa shape index (κ2) is 4.70. The Morgan fingerprint density at radius 2 is 1.35 bits per heavy atom. The van der Waals surface area contributed by atoms with E-state index in [2.05, 4.69) is 51.8 Å². The average molecular weight is 446 g/mol. The summed E-state index contributed by atoms with van der Waals surface area (Å²) in [6, 6.07) is 3.18. The molecule has 23 heavy (non-hydrogen) atoms. The van der Waals surface area contributed by atoms with E-state index < -0.39 is 12.0 Å². The molecule has 0 saturated carbocycles. The molecule has 0 radical (unpaired) electrons. The molecule has 4 aromatic rings. The molecule has 0 saturated heterocycles. The largest absolute Gasteiger partial charge is 0.451 e. The molecule has 4 rings (SSSR count). The first-order valence-electron chi connectivity index (χ1n) is 6.39. The Kier molecular flexibility index (Phi) is 3.05. The van der Waals surface area contributed by atoms with Crippen molar-refractivity contribution in [2.75, 3.05) is 0 Å². The smallest absolute Gasteiger partial charge is 0.233 e. The van der Waals surface area contributed by atoms with Crippen LogP contribution in [0.2, 0.25) is 0 Å². The lowest BCUT2D eigenvalue weighted by Crippen LogP contribution is -2.11. The van der Waals surface area contributed by atoms with Gasteiger partial charge in [0.15, 0.2) is 0 Å². The third-order valence-corrected chi connectivity index (χ3v) is 4.68. The van der Waals surface area contributed by atoms with Crippen LogP contribution in [0.5, 0.6) is 0 Å². The molecular formula is C14H5Br2F3N4. The highest BCUT2D eigenvalue weighted by atomic mass is 79.9. The van der Waals surface area contributed by atoms with Gasteiger partial charge in [0.05, 0.1) is 22.1 Å². The summed E-state index contributed by atoms with van der Waals surface area (Å²) in [7, 11) is 0. The van der Waals surface area contributed by atoms with Gasteiger partial charge in [0.2, 0.25) is 5.82 Å². The molecule has 116 valence electrons. The van der Waals surface area contributed by atoms with Crippen LogP contribution in [0.25, 0.3) is 32.8 Å². The van der Waals surface area contributed by atoms with Gasteiger partial charge in [0.1, 0.15) is 5.82 Å². The molecule has 2 aromatic heterocycles. The van der Waals surface area contributed by atoms with E-state index in [1.165, 1.54) is 6.07 Å². The second-order valence-electron chi connectivity index (χ2n) is 5.02. The number of nitrogens with zero attached hydrogens (tertiary/aromatic N) is 4. The fraction of sp³-hybridized carbons (Fsp3) is 0.143. The van der Waals surface area contributed by atoms with Crippen LogP contribution in [0.15, 0.2) is 21.1 Å². The molecule has 0 spiro atoms. The Morgan fingerprint density at radius 1 is 0.826 bits per heavy atom. The van der Waals surface area contributed by atoms with Crippen molar-refractivity contribution in [1.29, 1.82) is 0 Å². The SMILES string of the molecule is Cc1nc2cc(Br)c3nc(C(F)(F)F)nc4cc(Br)c(n1)c2c43. The maximum Gasteiger partial charge on any atom is 0.451 e. The topological polar surface area (TPSA) is 51.6 Å². The number of alkyl halides is 3. The van der Waals surface area contributed by atoms with Crippen LogP contribution >= 0.6 is 31.9 Å². The summed E-state index contributed by atoms with van der Waals surface area (Å²) in [6.45, 7) is 1.76. The summed E-state index contributed by atoms with van der Waals surface area (Å²) in [5.74, 6) is -0.603. The van der Waals surface area contributed by atoms with Gasteiger partial charge in [-0.15, -0.1) is 0 Å². The van der Waals surface area contributed by atoms with Crippen molar-refractivity contribution in [1.82, 2.24) is 19.9 Å². The maximum atomic E-state index is 13.0. The molecule has 0 N–H and O–H groups in total. The number of aromatic nitrogens is 4. The van der Waals surface area contributed by atoms with Crippen molar-refractivity contribution in [3.05, 3.63) is 32.7 Å². The van der Waals surface area contributed by atoms with Crippen LogP contribution in [0, 0.1) is 6.92 Å². The van der Waals surface area contributed by atoms with E-state index in [1.807, 2.05) is 0 Å². The van der Waals surface area contributed by atoms with Crippen LogP contribution in [0.1, 0.15) is 11.6 Å². The van der Waals surface area contributed by atoms with Crippen LogP contribution in [0.3, 0.4) is 0 Å². The molecule has 0 atom stereocenters. The fourth-order valence-electron chi connectivity index (χ4n) is 2.62. The van der Waals surface area contributed by atoms with Crippen molar-refractivity contribution in [2.24, 2.45) is 0 Å². The molecule has 4 nitrogen and oxygen atoms in total. The lowest BCUT2D eigenvalue weighted by atomic mass is 10.0. The lowest BCUT2D eigenvalue weighted by molar-refractivity contribution is -0.144. The minimum absolute atomic E-state index is 0.194. The van der Waals surface area contributed by atoms with Gasteiger partial charge in [0, 0.05) is 19.7 Å². The third kappa shape index (κ3) is 2.17. The highest BCUT2D eigenvalue weighted by Crippen LogP contribution is 2.40. The van der Waals surface area contributed by atoms with E-state index in [0.29, 0.717) is 36.6 Å². The zero-order valence-electron chi connectivity index (χ0n) is 11.3. The summed E-state index contributed by atoms with van der Waals surface area (Å²) in [4.78, 5) is 16.1. The van der Waals surface area contributed by atoms with E-state index in [4.69, 9.17) is 0 Å². The van der Waals surface area contributed by atoms with Crippen LogP contribution in [-0.2, 0) is 6.18 Å². The quantitative estimate of drug-likeness (QED) is 0.357. The van der Waals surface area contributed by atoms with Gasteiger partial charge in [-0.25, -0.2) is 19.9 Å². The molecule has 0 fully saturated rings. The van der Waals surface area contributed by atoms with Crippen molar-refractivity contribution >= 4 is 64.7 Å². The Labute approximate surface area is 143 Å². The molecular weight excluding hydrogens is 441 g/mol. The fourth-order valence-corrected chi connectivity index (χ4v) is 3.63. The highest BCUT2D eigenvalue weighted by molar-refractivity contribution is 9.11. The molecule has 0 amide bonds. The molecule has 0 aliphatic carbocycles. The van der Waals surface area contributed by atoms with Gasteiger partial charge < -0.3 is 0 Å². The maximum absolute atomic E-state index is 13.0. The molecule has 0 unspecified atom stereocenters. The van der Waals surface area contributed by atoms with Gasteiger partial charge in [-0.3, -0.25) is 0 Å². The zero-order chi connectivity index (χ0) is 16.5. The Bertz CT molecular complexity index is 1090. The standard InChI is InChI=1S/C14H5Br2F3N4/c1-4-20-7-2-6(16)12-10-8(22-13(23-12)14(17,18)19)3-5(15)11(21-4)9(7)10/h2-3H,1H3. The van der Waals surface area contributed by atoms with Gasteiger partial charge in [-0.2, -0.15) is 13.2 Å². The summed E-state index contributed by atoms with van der Waals surface area (Å²) in [5.41, 5.74) is 1.64. The molecule has 9 heteroatoms. The second-order valence-corrected chi connectivity index (χ2v) is 6.73. The van der Waals surface area contributed by atoms with E-state index in [1.54, 1.807) is 13.0 Å². The monoisotopic (exact) mass is 444 g/mol. The van der Waals surface area contributed by atoms with Crippen LogP contribution in [0.4, 0.5) is 13.2 Å². The van der Waals surface area contributed by atoms with Crippen molar-refractivity contribution in [3.63, 3.8) is 0 Å². The first-order valence-corrected chi connectivity index (χ1v) is 7.97. The average Bonchev–Trinajstić information content (AvgIpc) is 2.44. The van der Waals surface area contributed by atoms with Crippen LogP contribution in [-0.4, -0.2) is 19.9 Å². The van der Waals surface area contributed by atoms with E-state index >= 15 is 0 Å². The van der Waals surface area contributed by atoms with E-state index in [0.717, 1.165) is 0 Å². The van der Waals surface area contributed by atoms with Gasteiger partial charge >= 0.3 is 6.18 Å². The van der Waals surface area contributed by atoms with Crippen molar-refractivity contribution < 1.29 is 13.2 Å². The number of aryl methyl sites for hydroxylation is 1. The minimum atomic E-state index is -4.62. The summed E-state index contributed by atoms with van der Waals surface area (Å²) < 4.78 is 40.1. The minimum Gasteiger partial charge on any atom is -0.233 e.